The molecule has 1 saturated carbocycles. The molecule has 7 heteroatoms. The Morgan fingerprint density at radius 3 is 2.80 bits per heavy atom. The molecule has 110 valence electrons. The zero-order valence-corrected chi connectivity index (χ0v) is 11.8. The van der Waals surface area contributed by atoms with Gasteiger partial charge in [-0.05, 0) is 19.8 Å². The summed E-state index contributed by atoms with van der Waals surface area (Å²) >= 11 is 0. The summed E-state index contributed by atoms with van der Waals surface area (Å²) in [5.41, 5.74) is -0.320. The van der Waals surface area contributed by atoms with Crippen LogP contribution in [0.2, 0.25) is 0 Å². The molecule has 20 heavy (non-hydrogen) atoms. The highest BCUT2D eigenvalue weighted by Crippen LogP contribution is 2.28. The Morgan fingerprint density at radius 1 is 1.40 bits per heavy atom. The second-order valence-electron chi connectivity index (χ2n) is 5.79. The Kier molecular flexibility index (Phi) is 3.60. The van der Waals surface area contributed by atoms with E-state index in [-0.39, 0.29) is 17.6 Å². The molecule has 1 aliphatic heterocycles. The molecule has 1 saturated heterocycles. The molecule has 1 aromatic rings. The first kappa shape index (κ1) is 13.4. The minimum Gasteiger partial charge on any atom is -0.337 e. The van der Waals surface area contributed by atoms with Crippen molar-refractivity contribution in [2.24, 2.45) is 0 Å². The fraction of sp³-hybridized carbons (Fsp3) is 0.769. The van der Waals surface area contributed by atoms with E-state index < -0.39 is 0 Å². The van der Waals surface area contributed by atoms with Crippen molar-refractivity contribution in [3.8, 4) is 0 Å². The number of piperazine rings is 1. The molecular formula is C13H21N5O2. The molecule has 1 atom stereocenters. The average molecular weight is 279 g/mol. The average Bonchev–Trinajstić information content (AvgIpc) is 3.19. The van der Waals surface area contributed by atoms with Gasteiger partial charge in [0.25, 0.3) is 0 Å². The van der Waals surface area contributed by atoms with Crippen LogP contribution in [-0.4, -0.2) is 62.6 Å². The van der Waals surface area contributed by atoms with Crippen molar-refractivity contribution < 1.29 is 4.79 Å². The van der Waals surface area contributed by atoms with E-state index in [1.807, 2.05) is 4.90 Å². The Labute approximate surface area is 117 Å². The molecule has 0 bridgehead atoms. The van der Waals surface area contributed by atoms with Gasteiger partial charge in [0.2, 0.25) is 5.91 Å². The molecule has 7 nitrogen and oxygen atoms in total. The predicted octanol–water partition coefficient (Wildman–Crippen LogP) is -0.274. The maximum atomic E-state index is 12.3. The third-order valence-corrected chi connectivity index (χ3v) is 4.17. The van der Waals surface area contributed by atoms with Crippen LogP contribution in [0.1, 0.15) is 32.0 Å². The van der Waals surface area contributed by atoms with Crippen LogP contribution >= 0.6 is 0 Å². The van der Waals surface area contributed by atoms with E-state index in [1.165, 1.54) is 12.8 Å². The van der Waals surface area contributed by atoms with Crippen molar-refractivity contribution in [2.75, 3.05) is 19.6 Å². The van der Waals surface area contributed by atoms with E-state index in [9.17, 15) is 9.59 Å². The van der Waals surface area contributed by atoms with Gasteiger partial charge in [0.1, 0.15) is 5.82 Å². The highest BCUT2D eigenvalue weighted by Gasteiger charge is 2.35. The fourth-order valence-corrected chi connectivity index (χ4v) is 2.92. The number of amides is 1. The summed E-state index contributed by atoms with van der Waals surface area (Å²) in [5, 5.41) is 6.14. The second kappa shape index (κ2) is 5.40. The quantitative estimate of drug-likeness (QED) is 0.794. The number of nitrogens with one attached hydrogen (secondary N) is 2. The van der Waals surface area contributed by atoms with Gasteiger partial charge in [-0.25, -0.2) is 9.89 Å². The molecule has 0 radical (unpaired) electrons. The predicted molar refractivity (Wildman–Crippen MR) is 73.3 cm³/mol. The Balaban J connectivity index is 1.50. The summed E-state index contributed by atoms with van der Waals surface area (Å²) in [6.45, 7) is 4.89. The fourth-order valence-electron chi connectivity index (χ4n) is 2.92. The first-order chi connectivity index (χ1) is 9.63. The van der Waals surface area contributed by atoms with Gasteiger partial charge in [0, 0.05) is 44.6 Å². The maximum absolute atomic E-state index is 12.3. The highest BCUT2D eigenvalue weighted by atomic mass is 16.2. The molecule has 2 aliphatic rings. The van der Waals surface area contributed by atoms with Crippen molar-refractivity contribution in [1.29, 1.82) is 0 Å². The Morgan fingerprint density at radius 2 is 2.20 bits per heavy atom. The molecule has 1 aromatic heterocycles. The minimum absolute atomic E-state index is 0.150. The van der Waals surface area contributed by atoms with Crippen molar-refractivity contribution >= 4 is 5.91 Å². The smallest absolute Gasteiger partial charge is 0.337 e. The largest absolute Gasteiger partial charge is 0.340 e. The van der Waals surface area contributed by atoms with Gasteiger partial charge in [0.05, 0.1) is 0 Å². The molecule has 1 aliphatic carbocycles. The van der Waals surface area contributed by atoms with Crippen molar-refractivity contribution in [3.63, 3.8) is 0 Å². The van der Waals surface area contributed by atoms with Crippen LogP contribution in [0.5, 0.6) is 0 Å². The number of hydrogen-bond donors (Lipinski definition) is 2. The third kappa shape index (κ3) is 2.92. The molecule has 1 unspecified atom stereocenters. The molecule has 0 spiro atoms. The van der Waals surface area contributed by atoms with Crippen molar-refractivity contribution in [2.45, 2.75) is 44.7 Å². The van der Waals surface area contributed by atoms with E-state index in [0.717, 1.165) is 25.7 Å². The van der Waals surface area contributed by atoms with Crippen LogP contribution in [0.3, 0.4) is 0 Å². The number of nitrogens with zero attached hydrogens (tertiary/aromatic N) is 3. The number of carbonyl (C=O) groups excluding carboxylic acids is 1. The summed E-state index contributed by atoms with van der Waals surface area (Å²) in [6.07, 6.45) is 3.50. The normalized spacial score (nSPS) is 24.1. The van der Waals surface area contributed by atoms with Crippen LogP contribution < -0.4 is 5.69 Å². The number of H-pyrrole nitrogens is 2. The number of aromatic amines is 2. The lowest BCUT2D eigenvalue weighted by atomic mass is 10.1. The van der Waals surface area contributed by atoms with Gasteiger partial charge in [-0.3, -0.25) is 14.7 Å². The lowest BCUT2D eigenvalue weighted by Crippen LogP contribution is -2.54. The SMILES string of the molecule is CC1CN(C2CC2)CCN1C(=O)CCc1n[nH]c(=O)[nH]1. The monoisotopic (exact) mass is 279 g/mol. The van der Waals surface area contributed by atoms with E-state index in [1.54, 1.807) is 0 Å². The zero-order valence-electron chi connectivity index (χ0n) is 11.8. The van der Waals surface area contributed by atoms with Gasteiger partial charge < -0.3 is 4.90 Å². The number of hydrogen-bond acceptors (Lipinski definition) is 4. The van der Waals surface area contributed by atoms with Crippen LogP contribution in [0.15, 0.2) is 4.79 Å². The summed E-state index contributed by atoms with van der Waals surface area (Å²) in [5.74, 6) is 0.699. The van der Waals surface area contributed by atoms with Crippen LogP contribution in [-0.2, 0) is 11.2 Å². The first-order valence-corrected chi connectivity index (χ1v) is 7.30. The van der Waals surface area contributed by atoms with E-state index in [2.05, 4.69) is 27.0 Å². The van der Waals surface area contributed by atoms with Crippen molar-refractivity contribution in [3.05, 3.63) is 16.3 Å². The van der Waals surface area contributed by atoms with Crippen LogP contribution in [0.4, 0.5) is 0 Å². The number of aryl methyl sites for hydroxylation is 1. The van der Waals surface area contributed by atoms with Gasteiger partial charge in [-0.1, -0.05) is 0 Å². The molecule has 2 N–H and O–H groups in total. The van der Waals surface area contributed by atoms with E-state index in [4.69, 9.17) is 0 Å². The topological polar surface area (TPSA) is 85.1 Å². The third-order valence-electron chi connectivity index (χ3n) is 4.17. The zero-order chi connectivity index (χ0) is 14.1. The standard InChI is InChI=1S/C13H21N5O2/c1-9-8-17(10-2-3-10)6-7-18(9)12(19)5-4-11-14-13(20)16-15-11/h9-10H,2-8H2,1H3,(H2,14,15,16,20). The molecular weight excluding hydrogens is 258 g/mol. The second-order valence-corrected chi connectivity index (χ2v) is 5.79. The van der Waals surface area contributed by atoms with Crippen LogP contribution in [0, 0.1) is 0 Å². The Hall–Kier alpha value is -1.63. The highest BCUT2D eigenvalue weighted by molar-refractivity contribution is 5.76. The van der Waals surface area contributed by atoms with Gasteiger partial charge in [-0.15, -0.1) is 0 Å². The van der Waals surface area contributed by atoms with Gasteiger partial charge >= 0.3 is 5.69 Å². The number of carbonyl (C=O) groups is 1. The Bertz CT molecular complexity index is 533. The van der Waals surface area contributed by atoms with Crippen molar-refractivity contribution in [1.82, 2.24) is 25.0 Å². The number of rotatable bonds is 4. The van der Waals surface area contributed by atoms with Gasteiger partial charge in [0.15, 0.2) is 0 Å². The lowest BCUT2D eigenvalue weighted by molar-refractivity contribution is -0.135. The molecule has 0 aromatic carbocycles. The summed E-state index contributed by atoms with van der Waals surface area (Å²) < 4.78 is 0. The van der Waals surface area contributed by atoms with E-state index in [0.29, 0.717) is 18.7 Å². The lowest BCUT2D eigenvalue weighted by Gasteiger charge is -2.40. The number of aromatic nitrogens is 3. The summed E-state index contributed by atoms with van der Waals surface area (Å²) in [4.78, 5) is 30.2. The summed E-state index contributed by atoms with van der Waals surface area (Å²) in [7, 11) is 0. The maximum Gasteiger partial charge on any atom is 0.340 e. The molecule has 2 heterocycles. The molecule has 2 fully saturated rings. The van der Waals surface area contributed by atoms with E-state index >= 15 is 0 Å². The van der Waals surface area contributed by atoms with Gasteiger partial charge in [-0.2, -0.15) is 5.10 Å². The van der Waals surface area contributed by atoms with Crippen LogP contribution in [0.25, 0.3) is 0 Å². The minimum atomic E-state index is -0.320. The first-order valence-electron chi connectivity index (χ1n) is 7.30. The molecule has 1 amide bonds. The molecule has 3 rings (SSSR count). The summed E-state index contributed by atoms with van der Waals surface area (Å²) in [6, 6.07) is 1.04.